The molecule has 0 bridgehead atoms. The number of aromatic nitrogens is 3. The van der Waals surface area contributed by atoms with Crippen LogP contribution in [-0.4, -0.2) is 14.8 Å². The third kappa shape index (κ3) is 1.83. The van der Waals surface area contributed by atoms with Crippen molar-refractivity contribution in [2.45, 2.75) is 19.9 Å². The molecule has 2 N–H and O–H groups in total. The lowest BCUT2D eigenvalue weighted by Gasteiger charge is -2.10. The van der Waals surface area contributed by atoms with E-state index < -0.39 is 0 Å². The van der Waals surface area contributed by atoms with E-state index >= 15 is 0 Å². The highest BCUT2D eigenvalue weighted by atomic mass is 15.3. The maximum atomic E-state index is 5.75. The maximum Gasteiger partial charge on any atom is 0.0911 e. The topological polar surface area (TPSA) is 56.7 Å². The van der Waals surface area contributed by atoms with Gasteiger partial charge in [0.05, 0.1) is 23.1 Å². The van der Waals surface area contributed by atoms with Gasteiger partial charge in [-0.05, 0) is 26.0 Å². The van der Waals surface area contributed by atoms with Gasteiger partial charge in [0.1, 0.15) is 0 Å². The van der Waals surface area contributed by atoms with Gasteiger partial charge in [-0.1, -0.05) is 6.07 Å². The third-order valence-corrected chi connectivity index (χ3v) is 2.47. The minimum absolute atomic E-state index is 0.113. The van der Waals surface area contributed by atoms with Gasteiger partial charge < -0.3 is 5.73 Å². The summed E-state index contributed by atoms with van der Waals surface area (Å²) in [5.74, 6) is 0. The van der Waals surface area contributed by atoms with Crippen molar-refractivity contribution in [3.8, 4) is 0 Å². The largest absolute Gasteiger partial charge is 0.396 e. The van der Waals surface area contributed by atoms with Gasteiger partial charge in [-0.2, -0.15) is 5.10 Å². The Hall–Kier alpha value is -1.84. The molecule has 0 aliphatic heterocycles. The predicted octanol–water partition coefficient (Wildman–Crippen LogP) is 1.78. The minimum atomic E-state index is 0.113. The van der Waals surface area contributed by atoms with Crippen molar-refractivity contribution in [2.75, 3.05) is 5.73 Å². The summed E-state index contributed by atoms with van der Waals surface area (Å²) < 4.78 is 1.84. The molecule has 0 fully saturated rings. The van der Waals surface area contributed by atoms with Crippen molar-refractivity contribution in [1.82, 2.24) is 14.8 Å². The lowest BCUT2D eigenvalue weighted by atomic mass is 10.2. The van der Waals surface area contributed by atoms with Gasteiger partial charge in [0, 0.05) is 12.4 Å². The number of anilines is 1. The zero-order valence-corrected chi connectivity index (χ0v) is 8.88. The van der Waals surface area contributed by atoms with Crippen molar-refractivity contribution < 1.29 is 0 Å². The molecule has 1 unspecified atom stereocenters. The summed E-state index contributed by atoms with van der Waals surface area (Å²) in [4.78, 5) is 4.29. The van der Waals surface area contributed by atoms with Crippen molar-refractivity contribution in [3.63, 3.8) is 0 Å². The normalized spacial score (nSPS) is 12.7. The Morgan fingerprint density at radius 1 is 1.40 bits per heavy atom. The molecule has 0 radical (unpaired) electrons. The van der Waals surface area contributed by atoms with Gasteiger partial charge >= 0.3 is 0 Å². The number of nitrogens with two attached hydrogens (primary N) is 1. The standard InChI is InChI=1S/C11H14N4/c1-8-10(12)7-15(14-8)9(2)11-5-3-4-6-13-11/h3-7,9H,12H2,1-2H3. The van der Waals surface area contributed by atoms with Crippen LogP contribution in [0.15, 0.2) is 30.6 Å². The molecule has 2 aromatic rings. The van der Waals surface area contributed by atoms with Gasteiger partial charge in [-0.15, -0.1) is 0 Å². The number of rotatable bonds is 2. The quantitative estimate of drug-likeness (QED) is 0.807. The highest BCUT2D eigenvalue weighted by Gasteiger charge is 2.10. The molecule has 0 spiro atoms. The molecule has 0 saturated carbocycles. The monoisotopic (exact) mass is 202 g/mol. The van der Waals surface area contributed by atoms with Crippen LogP contribution in [0.25, 0.3) is 0 Å². The highest BCUT2D eigenvalue weighted by Crippen LogP contribution is 2.17. The van der Waals surface area contributed by atoms with Crippen molar-refractivity contribution >= 4 is 5.69 Å². The fourth-order valence-electron chi connectivity index (χ4n) is 1.45. The second kappa shape index (κ2) is 3.73. The molecule has 0 amide bonds. The van der Waals surface area contributed by atoms with Crippen LogP contribution in [0.4, 0.5) is 5.69 Å². The van der Waals surface area contributed by atoms with E-state index in [0.717, 1.165) is 17.1 Å². The Kier molecular flexibility index (Phi) is 2.41. The van der Waals surface area contributed by atoms with Crippen LogP contribution in [0.3, 0.4) is 0 Å². The summed E-state index contributed by atoms with van der Waals surface area (Å²) >= 11 is 0. The molecule has 2 heterocycles. The number of hydrogen-bond donors (Lipinski definition) is 1. The van der Waals surface area contributed by atoms with Gasteiger partial charge in [-0.25, -0.2) is 0 Å². The van der Waals surface area contributed by atoms with Gasteiger partial charge in [0.25, 0.3) is 0 Å². The van der Waals surface area contributed by atoms with Crippen LogP contribution in [0.5, 0.6) is 0 Å². The first-order valence-electron chi connectivity index (χ1n) is 4.90. The van der Waals surface area contributed by atoms with E-state index in [-0.39, 0.29) is 6.04 Å². The fourth-order valence-corrected chi connectivity index (χ4v) is 1.45. The van der Waals surface area contributed by atoms with Crippen molar-refractivity contribution in [1.29, 1.82) is 0 Å². The number of nitrogens with zero attached hydrogens (tertiary/aromatic N) is 3. The van der Waals surface area contributed by atoms with E-state index in [9.17, 15) is 0 Å². The predicted molar refractivity (Wildman–Crippen MR) is 59.4 cm³/mol. The second-order valence-electron chi connectivity index (χ2n) is 3.58. The number of pyridine rings is 1. The lowest BCUT2D eigenvalue weighted by molar-refractivity contribution is 0.548. The minimum Gasteiger partial charge on any atom is -0.396 e. The molecule has 4 heteroatoms. The summed E-state index contributed by atoms with van der Waals surface area (Å²) in [6.07, 6.45) is 3.63. The second-order valence-corrected chi connectivity index (χ2v) is 3.58. The van der Waals surface area contributed by atoms with E-state index in [4.69, 9.17) is 5.73 Å². The Morgan fingerprint density at radius 2 is 2.20 bits per heavy atom. The Labute approximate surface area is 88.8 Å². The molecule has 78 valence electrons. The summed E-state index contributed by atoms with van der Waals surface area (Å²) in [5.41, 5.74) is 8.32. The number of nitrogen functional groups attached to an aromatic ring is 1. The van der Waals surface area contributed by atoms with Gasteiger partial charge in [0.2, 0.25) is 0 Å². The number of aryl methyl sites for hydroxylation is 1. The molecule has 0 aromatic carbocycles. The number of hydrogen-bond acceptors (Lipinski definition) is 3. The lowest BCUT2D eigenvalue weighted by Crippen LogP contribution is -2.08. The van der Waals surface area contributed by atoms with Gasteiger partial charge in [0.15, 0.2) is 0 Å². The van der Waals surface area contributed by atoms with Crippen LogP contribution in [0.2, 0.25) is 0 Å². The molecular formula is C11H14N4. The maximum absolute atomic E-state index is 5.75. The molecule has 2 aromatic heterocycles. The molecule has 4 nitrogen and oxygen atoms in total. The van der Waals surface area contributed by atoms with Crippen molar-refractivity contribution in [3.05, 3.63) is 42.0 Å². The van der Waals surface area contributed by atoms with Crippen LogP contribution < -0.4 is 5.73 Å². The highest BCUT2D eigenvalue weighted by molar-refractivity contribution is 5.39. The van der Waals surface area contributed by atoms with Crippen LogP contribution in [0, 0.1) is 6.92 Å². The molecule has 0 aliphatic carbocycles. The molecule has 0 saturated heterocycles. The molecule has 0 aliphatic rings. The summed E-state index contributed by atoms with van der Waals surface area (Å²) in [5, 5.41) is 4.34. The van der Waals surface area contributed by atoms with E-state index in [2.05, 4.69) is 10.1 Å². The molecule has 2 rings (SSSR count). The van der Waals surface area contributed by atoms with E-state index in [0.29, 0.717) is 0 Å². The van der Waals surface area contributed by atoms with Crippen molar-refractivity contribution in [2.24, 2.45) is 0 Å². The van der Waals surface area contributed by atoms with E-state index in [1.807, 2.05) is 42.9 Å². The Bertz CT molecular complexity index is 427. The van der Waals surface area contributed by atoms with E-state index in [1.165, 1.54) is 0 Å². The first-order chi connectivity index (χ1) is 7.18. The van der Waals surface area contributed by atoms with Crippen LogP contribution in [-0.2, 0) is 0 Å². The smallest absolute Gasteiger partial charge is 0.0911 e. The average molecular weight is 202 g/mol. The Balaban J connectivity index is 2.32. The summed E-state index contributed by atoms with van der Waals surface area (Å²) in [6, 6.07) is 5.97. The SMILES string of the molecule is Cc1nn(C(C)c2ccccn2)cc1N. The summed E-state index contributed by atoms with van der Waals surface area (Å²) in [6.45, 7) is 3.95. The third-order valence-electron chi connectivity index (χ3n) is 2.47. The fraction of sp³-hybridized carbons (Fsp3) is 0.273. The van der Waals surface area contributed by atoms with Crippen LogP contribution in [0.1, 0.15) is 24.4 Å². The summed E-state index contributed by atoms with van der Waals surface area (Å²) in [7, 11) is 0. The van der Waals surface area contributed by atoms with Gasteiger partial charge in [-0.3, -0.25) is 9.67 Å². The molecule has 1 atom stereocenters. The molecular weight excluding hydrogens is 188 g/mol. The first kappa shape index (κ1) is 9.71. The Morgan fingerprint density at radius 3 is 2.73 bits per heavy atom. The first-order valence-corrected chi connectivity index (χ1v) is 4.90. The van der Waals surface area contributed by atoms with Crippen LogP contribution >= 0.6 is 0 Å². The molecule has 15 heavy (non-hydrogen) atoms. The zero-order chi connectivity index (χ0) is 10.8. The zero-order valence-electron chi connectivity index (χ0n) is 8.88. The van der Waals surface area contributed by atoms with E-state index in [1.54, 1.807) is 6.20 Å². The average Bonchev–Trinajstić information content (AvgIpc) is 2.59.